The number of amides is 1. The van der Waals surface area contributed by atoms with E-state index >= 15 is 0 Å². The predicted molar refractivity (Wildman–Crippen MR) is 76.7 cm³/mol. The summed E-state index contributed by atoms with van der Waals surface area (Å²) in [6, 6.07) is 3.15. The lowest BCUT2D eigenvalue weighted by Crippen LogP contribution is -2.47. The average molecular weight is 314 g/mol. The third-order valence-corrected chi connectivity index (χ3v) is 3.52. The molecule has 0 spiro atoms. The Morgan fingerprint density at radius 2 is 2.14 bits per heavy atom. The number of carbonyl (C=O) groups excluding carboxylic acids is 1. The number of morpholine rings is 1. The van der Waals surface area contributed by atoms with Gasteiger partial charge in [-0.2, -0.15) is 0 Å². The van der Waals surface area contributed by atoms with Crippen molar-refractivity contribution in [3.63, 3.8) is 0 Å². The second kappa shape index (κ2) is 8.05. The summed E-state index contributed by atoms with van der Waals surface area (Å²) in [5.41, 5.74) is 0. The van der Waals surface area contributed by atoms with E-state index in [0.717, 1.165) is 25.2 Å². The lowest BCUT2D eigenvalue weighted by Gasteiger charge is -2.32. The van der Waals surface area contributed by atoms with Crippen molar-refractivity contribution in [1.29, 1.82) is 0 Å². The molecular weight excluding hydrogens is 294 g/mol. The molecule has 1 saturated heterocycles. The lowest BCUT2D eigenvalue weighted by atomic mass is 10.2. The SMILES string of the molecule is C[C@@H](CNC(=O)COc1ccc(F)cc1F)N1CCOCC1. The highest BCUT2D eigenvalue weighted by atomic mass is 19.1. The van der Waals surface area contributed by atoms with Gasteiger partial charge in [-0.3, -0.25) is 9.69 Å². The number of nitrogens with one attached hydrogen (secondary N) is 1. The van der Waals surface area contributed by atoms with Gasteiger partial charge in [-0.1, -0.05) is 0 Å². The lowest BCUT2D eigenvalue weighted by molar-refractivity contribution is -0.123. The number of ether oxygens (including phenoxy) is 2. The summed E-state index contributed by atoms with van der Waals surface area (Å²) in [4.78, 5) is 13.9. The van der Waals surface area contributed by atoms with Crippen LogP contribution in [0.5, 0.6) is 5.75 Å². The highest BCUT2D eigenvalue weighted by molar-refractivity contribution is 5.77. The van der Waals surface area contributed by atoms with Crippen LogP contribution in [0.4, 0.5) is 8.78 Å². The van der Waals surface area contributed by atoms with Crippen molar-refractivity contribution >= 4 is 5.91 Å². The molecule has 2 rings (SSSR count). The first-order valence-corrected chi connectivity index (χ1v) is 7.22. The zero-order valence-corrected chi connectivity index (χ0v) is 12.5. The predicted octanol–water partition coefficient (Wildman–Crippen LogP) is 1.18. The maximum atomic E-state index is 13.3. The van der Waals surface area contributed by atoms with Crippen molar-refractivity contribution in [3.8, 4) is 5.75 Å². The minimum Gasteiger partial charge on any atom is -0.481 e. The largest absolute Gasteiger partial charge is 0.481 e. The van der Waals surface area contributed by atoms with E-state index in [4.69, 9.17) is 9.47 Å². The van der Waals surface area contributed by atoms with Gasteiger partial charge in [-0.25, -0.2) is 8.78 Å². The summed E-state index contributed by atoms with van der Waals surface area (Å²) in [7, 11) is 0. The van der Waals surface area contributed by atoms with Crippen LogP contribution in [0.2, 0.25) is 0 Å². The number of nitrogens with zero attached hydrogens (tertiary/aromatic N) is 1. The summed E-state index contributed by atoms with van der Waals surface area (Å²) < 4.78 is 36.4. The number of hydrogen-bond donors (Lipinski definition) is 1. The smallest absolute Gasteiger partial charge is 0.257 e. The molecule has 1 atom stereocenters. The van der Waals surface area contributed by atoms with Crippen molar-refractivity contribution < 1.29 is 23.0 Å². The van der Waals surface area contributed by atoms with Gasteiger partial charge in [0.15, 0.2) is 18.2 Å². The van der Waals surface area contributed by atoms with Crippen molar-refractivity contribution in [1.82, 2.24) is 10.2 Å². The first-order chi connectivity index (χ1) is 10.6. The molecular formula is C15H20F2N2O3. The van der Waals surface area contributed by atoms with Gasteiger partial charge in [-0.15, -0.1) is 0 Å². The molecule has 0 aliphatic carbocycles. The Morgan fingerprint density at radius 3 is 2.82 bits per heavy atom. The molecule has 0 saturated carbocycles. The minimum atomic E-state index is -0.825. The molecule has 5 nitrogen and oxygen atoms in total. The maximum absolute atomic E-state index is 13.3. The Balaban J connectivity index is 1.71. The molecule has 0 aromatic heterocycles. The van der Waals surface area contributed by atoms with E-state index in [0.29, 0.717) is 25.8 Å². The van der Waals surface area contributed by atoms with Gasteiger partial charge < -0.3 is 14.8 Å². The van der Waals surface area contributed by atoms with E-state index in [-0.39, 0.29) is 24.3 Å². The molecule has 0 unspecified atom stereocenters. The summed E-state index contributed by atoms with van der Waals surface area (Å²) in [5, 5.41) is 2.74. The van der Waals surface area contributed by atoms with Gasteiger partial charge in [0.05, 0.1) is 13.2 Å². The van der Waals surface area contributed by atoms with E-state index in [9.17, 15) is 13.6 Å². The van der Waals surface area contributed by atoms with E-state index in [1.807, 2.05) is 6.92 Å². The van der Waals surface area contributed by atoms with Crippen LogP contribution < -0.4 is 10.1 Å². The van der Waals surface area contributed by atoms with Gasteiger partial charge >= 0.3 is 0 Å². The zero-order valence-electron chi connectivity index (χ0n) is 12.5. The standard InChI is InChI=1S/C15H20F2N2O3/c1-11(19-4-6-21-7-5-19)9-18-15(20)10-22-14-3-2-12(16)8-13(14)17/h2-3,8,11H,4-7,9-10H2,1H3,(H,18,20)/t11-/m0/s1. The van der Waals surface area contributed by atoms with Crippen LogP contribution in [-0.4, -0.2) is 56.3 Å². The Morgan fingerprint density at radius 1 is 1.41 bits per heavy atom. The monoisotopic (exact) mass is 314 g/mol. The van der Waals surface area contributed by atoms with Crippen molar-refractivity contribution in [2.24, 2.45) is 0 Å². The normalized spacial score (nSPS) is 17.0. The van der Waals surface area contributed by atoms with Gasteiger partial charge in [0.2, 0.25) is 0 Å². The Hall–Kier alpha value is -1.73. The zero-order chi connectivity index (χ0) is 15.9. The number of carbonyl (C=O) groups is 1. The topological polar surface area (TPSA) is 50.8 Å². The Labute approximate surface area is 128 Å². The third kappa shape index (κ3) is 4.92. The summed E-state index contributed by atoms with van der Waals surface area (Å²) in [6.45, 7) is 5.28. The van der Waals surface area contributed by atoms with E-state index in [1.54, 1.807) is 0 Å². The van der Waals surface area contributed by atoms with E-state index in [1.165, 1.54) is 0 Å². The molecule has 1 heterocycles. The van der Waals surface area contributed by atoms with Crippen molar-refractivity contribution in [2.45, 2.75) is 13.0 Å². The fraction of sp³-hybridized carbons (Fsp3) is 0.533. The highest BCUT2D eigenvalue weighted by Crippen LogP contribution is 2.17. The van der Waals surface area contributed by atoms with Crippen LogP contribution in [0.3, 0.4) is 0 Å². The fourth-order valence-corrected chi connectivity index (χ4v) is 2.20. The van der Waals surface area contributed by atoms with Crippen LogP contribution >= 0.6 is 0 Å². The van der Waals surface area contributed by atoms with Gasteiger partial charge in [0.1, 0.15) is 5.82 Å². The number of hydrogen-bond acceptors (Lipinski definition) is 4. The maximum Gasteiger partial charge on any atom is 0.257 e. The summed E-state index contributed by atoms with van der Waals surface area (Å²) in [5.74, 6) is -2.00. The second-order valence-corrected chi connectivity index (χ2v) is 5.16. The third-order valence-electron chi connectivity index (χ3n) is 3.52. The molecule has 0 radical (unpaired) electrons. The quantitative estimate of drug-likeness (QED) is 0.857. The number of benzene rings is 1. The minimum absolute atomic E-state index is 0.141. The Kier molecular flexibility index (Phi) is 6.09. The summed E-state index contributed by atoms with van der Waals surface area (Å²) >= 11 is 0. The summed E-state index contributed by atoms with van der Waals surface area (Å²) in [6.07, 6.45) is 0. The molecule has 1 amide bonds. The molecule has 1 N–H and O–H groups in total. The fourth-order valence-electron chi connectivity index (χ4n) is 2.20. The van der Waals surface area contributed by atoms with Crippen LogP contribution in [0.1, 0.15) is 6.92 Å². The van der Waals surface area contributed by atoms with E-state index in [2.05, 4.69) is 10.2 Å². The highest BCUT2D eigenvalue weighted by Gasteiger charge is 2.17. The van der Waals surface area contributed by atoms with Crippen LogP contribution in [-0.2, 0) is 9.53 Å². The number of halogens is 2. The van der Waals surface area contributed by atoms with E-state index < -0.39 is 11.6 Å². The molecule has 22 heavy (non-hydrogen) atoms. The molecule has 7 heteroatoms. The van der Waals surface area contributed by atoms with Crippen LogP contribution in [0.25, 0.3) is 0 Å². The molecule has 1 aliphatic heterocycles. The molecule has 0 bridgehead atoms. The van der Waals surface area contributed by atoms with Crippen LogP contribution in [0, 0.1) is 11.6 Å². The van der Waals surface area contributed by atoms with Gasteiger partial charge in [0, 0.05) is 31.7 Å². The molecule has 122 valence electrons. The van der Waals surface area contributed by atoms with Crippen molar-refractivity contribution in [2.75, 3.05) is 39.5 Å². The second-order valence-electron chi connectivity index (χ2n) is 5.16. The van der Waals surface area contributed by atoms with Crippen molar-refractivity contribution in [3.05, 3.63) is 29.8 Å². The number of rotatable bonds is 6. The first-order valence-electron chi connectivity index (χ1n) is 7.22. The van der Waals surface area contributed by atoms with Crippen LogP contribution in [0.15, 0.2) is 18.2 Å². The average Bonchev–Trinajstić information content (AvgIpc) is 2.52. The molecule has 1 aliphatic rings. The van der Waals surface area contributed by atoms with Gasteiger partial charge in [0.25, 0.3) is 5.91 Å². The molecule has 1 fully saturated rings. The molecule has 1 aromatic carbocycles. The van der Waals surface area contributed by atoms with Gasteiger partial charge in [-0.05, 0) is 19.1 Å². The molecule has 1 aromatic rings. The first kappa shape index (κ1) is 16.6. The Bertz CT molecular complexity index is 508.